The molecule has 1 unspecified atom stereocenters. The summed E-state index contributed by atoms with van der Waals surface area (Å²) in [6.07, 6.45) is 48.0. The standard InChI is InChI=1S/C49H92NO10P/c1-3-5-7-9-11-13-15-17-19-21-23-25-27-29-31-33-35-37-39-41-48(52)60-45(43-58-61(55,56)59-44-46(50)49(53)54)42-57-47(51)40-38-36-34-32-30-28-26-24-22-20-18-16-14-12-10-8-6-4-2/h11,13,17,19,45-46H,3-10,12,14-16,18,20-44,50H2,1-2H3,(H,53,54)(H,55,56)/b13-11-,19-17-/t45-,46+/m1/s1. The summed E-state index contributed by atoms with van der Waals surface area (Å²) in [7, 11) is -4.72. The third-order valence-corrected chi connectivity index (χ3v) is 11.9. The van der Waals surface area contributed by atoms with E-state index in [0.29, 0.717) is 12.8 Å². The van der Waals surface area contributed by atoms with Crippen molar-refractivity contribution in [3.05, 3.63) is 24.3 Å². The van der Waals surface area contributed by atoms with Crippen LogP contribution in [0.15, 0.2) is 24.3 Å². The first-order chi connectivity index (χ1) is 29.6. The van der Waals surface area contributed by atoms with Crippen LogP contribution < -0.4 is 5.73 Å². The van der Waals surface area contributed by atoms with Crippen LogP contribution in [0.3, 0.4) is 0 Å². The maximum atomic E-state index is 12.7. The molecule has 0 aliphatic carbocycles. The molecule has 0 amide bonds. The van der Waals surface area contributed by atoms with E-state index in [0.717, 1.165) is 51.4 Å². The van der Waals surface area contributed by atoms with E-state index in [1.165, 1.54) is 148 Å². The van der Waals surface area contributed by atoms with Gasteiger partial charge in [0.15, 0.2) is 6.10 Å². The molecule has 3 atom stereocenters. The Bertz CT molecular complexity index is 1130. The van der Waals surface area contributed by atoms with Crippen LogP contribution in [-0.4, -0.2) is 59.9 Å². The van der Waals surface area contributed by atoms with E-state index < -0.39 is 51.1 Å². The Hall–Kier alpha value is -2.04. The van der Waals surface area contributed by atoms with Gasteiger partial charge in [0.05, 0.1) is 13.2 Å². The van der Waals surface area contributed by atoms with Crippen LogP contribution in [0.5, 0.6) is 0 Å². The number of esters is 2. The lowest BCUT2D eigenvalue weighted by Crippen LogP contribution is -2.34. The van der Waals surface area contributed by atoms with Gasteiger partial charge in [-0.1, -0.05) is 205 Å². The fraction of sp³-hybridized carbons (Fsp3) is 0.857. The molecule has 358 valence electrons. The van der Waals surface area contributed by atoms with Gasteiger partial charge in [0.25, 0.3) is 0 Å². The fourth-order valence-electron chi connectivity index (χ4n) is 7.04. The maximum Gasteiger partial charge on any atom is 0.472 e. The van der Waals surface area contributed by atoms with Gasteiger partial charge < -0.3 is 25.2 Å². The van der Waals surface area contributed by atoms with E-state index in [9.17, 15) is 23.8 Å². The Morgan fingerprint density at radius 2 is 0.869 bits per heavy atom. The van der Waals surface area contributed by atoms with E-state index >= 15 is 0 Å². The van der Waals surface area contributed by atoms with Gasteiger partial charge in [-0.3, -0.25) is 23.4 Å². The zero-order valence-corrected chi connectivity index (χ0v) is 39.9. The molecule has 0 fully saturated rings. The summed E-state index contributed by atoms with van der Waals surface area (Å²) in [6, 6.07) is -1.52. The van der Waals surface area contributed by atoms with Crippen LogP contribution in [0.25, 0.3) is 0 Å². The first-order valence-corrected chi connectivity index (χ1v) is 26.4. The molecule has 0 aromatic rings. The van der Waals surface area contributed by atoms with Gasteiger partial charge in [0, 0.05) is 12.8 Å². The van der Waals surface area contributed by atoms with Gasteiger partial charge in [0.2, 0.25) is 0 Å². The predicted octanol–water partition coefficient (Wildman–Crippen LogP) is 13.8. The minimum absolute atomic E-state index is 0.159. The van der Waals surface area contributed by atoms with Gasteiger partial charge in [-0.25, -0.2) is 4.57 Å². The number of phosphoric ester groups is 1. The average Bonchev–Trinajstić information content (AvgIpc) is 3.24. The van der Waals surface area contributed by atoms with Gasteiger partial charge in [-0.2, -0.15) is 0 Å². The number of carbonyl (C=O) groups excluding carboxylic acids is 2. The number of aliphatic carboxylic acids is 1. The molecule has 0 aliphatic rings. The minimum Gasteiger partial charge on any atom is -0.480 e. The van der Waals surface area contributed by atoms with Crippen molar-refractivity contribution in [2.75, 3.05) is 19.8 Å². The first kappa shape index (κ1) is 59.0. The molecule has 0 aliphatic heterocycles. The molecule has 0 spiro atoms. The van der Waals surface area contributed by atoms with Crippen molar-refractivity contribution in [1.82, 2.24) is 0 Å². The van der Waals surface area contributed by atoms with Crippen LogP contribution in [0.2, 0.25) is 0 Å². The van der Waals surface area contributed by atoms with Crippen molar-refractivity contribution in [3.8, 4) is 0 Å². The number of rotatable bonds is 47. The van der Waals surface area contributed by atoms with Crippen molar-refractivity contribution in [2.24, 2.45) is 5.73 Å². The average molecular weight is 886 g/mol. The Morgan fingerprint density at radius 3 is 1.31 bits per heavy atom. The number of allylic oxidation sites excluding steroid dienone is 4. The second kappa shape index (κ2) is 44.6. The molecule has 0 rings (SSSR count). The van der Waals surface area contributed by atoms with Crippen molar-refractivity contribution < 1.29 is 47.5 Å². The number of hydrogen-bond donors (Lipinski definition) is 3. The molecule has 0 aromatic heterocycles. The summed E-state index contributed by atoms with van der Waals surface area (Å²) in [5.41, 5.74) is 5.35. The number of ether oxygens (including phenoxy) is 2. The Labute approximate surface area is 372 Å². The topological polar surface area (TPSA) is 172 Å². The number of phosphoric acid groups is 1. The SMILES string of the molecule is CCCCC/C=C\C/C=C\CCCCCCCCCCCC(=O)O[C@H](COC(=O)CCCCCCCCCCCCCCCCCCCC)COP(=O)(O)OC[C@H](N)C(=O)O. The quantitative estimate of drug-likeness (QED) is 0.0230. The second-order valence-electron chi connectivity index (χ2n) is 17.0. The number of unbranched alkanes of at least 4 members (excludes halogenated alkanes) is 29. The maximum absolute atomic E-state index is 12.7. The normalized spacial score (nSPS) is 13.8. The zero-order valence-electron chi connectivity index (χ0n) is 39.0. The summed E-state index contributed by atoms with van der Waals surface area (Å²) in [6.45, 7) is 2.82. The lowest BCUT2D eigenvalue weighted by Gasteiger charge is -2.20. The lowest BCUT2D eigenvalue weighted by molar-refractivity contribution is -0.161. The summed E-state index contributed by atoms with van der Waals surface area (Å²) in [5.74, 6) is -2.37. The number of carboxylic acids is 1. The minimum atomic E-state index is -4.72. The summed E-state index contributed by atoms with van der Waals surface area (Å²) < 4.78 is 32.8. The summed E-state index contributed by atoms with van der Waals surface area (Å²) in [4.78, 5) is 46.1. The zero-order chi connectivity index (χ0) is 44.9. The van der Waals surface area contributed by atoms with E-state index in [1.807, 2.05) is 0 Å². The van der Waals surface area contributed by atoms with Crippen LogP contribution in [-0.2, 0) is 37.5 Å². The molecule has 4 N–H and O–H groups in total. The van der Waals surface area contributed by atoms with Gasteiger partial charge in [-0.05, 0) is 44.9 Å². The molecule has 0 bridgehead atoms. The molecule has 0 heterocycles. The molecule has 61 heavy (non-hydrogen) atoms. The van der Waals surface area contributed by atoms with Crippen molar-refractivity contribution >= 4 is 25.7 Å². The van der Waals surface area contributed by atoms with E-state index in [2.05, 4.69) is 42.7 Å². The second-order valence-corrected chi connectivity index (χ2v) is 18.4. The summed E-state index contributed by atoms with van der Waals surface area (Å²) >= 11 is 0. The molecular formula is C49H92NO10P. The largest absolute Gasteiger partial charge is 0.480 e. The highest BCUT2D eigenvalue weighted by Crippen LogP contribution is 2.43. The molecule has 0 radical (unpaired) electrons. The Morgan fingerprint density at radius 1 is 0.508 bits per heavy atom. The molecule has 0 saturated heterocycles. The van der Waals surface area contributed by atoms with Crippen LogP contribution >= 0.6 is 7.82 Å². The van der Waals surface area contributed by atoms with Crippen molar-refractivity contribution in [1.29, 1.82) is 0 Å². The van der Waals surface area contributed by atoms with Crippen molar-refractivity contribution in [2.45, 2.75) is 251 Å². The van der Waals surface area contributed by atoms with E-state index in [-0.39, 0.29) is 19.4 Å². The van der Waals surface area contributed by atoms with Crippen LogP contribution in [0.1, 0.15) is 239 Å². The molecule has 12 heteroatoms. The lowest BCUT2D eigenvalue weighted by atomic mass is 10.0. The van der Waals surface area contributed by atoms with Gasteiger partial charge in [-0.15, -0.1) is 0 Å². The van der Waals surface area contributed by atoms with Gasteiger partial charge in [0.1, 0.15) is 12.6 Å². The van der Waals surface area contributed by atoms with E-state index in [4.69, 9.17) is 24.8 Å². The van der Waals surface area contributed by atoms with Gasteiger partial charge >= 0.3 is 25.7 Å². The highest BCUT2D eigenvalue weighted by atomic mass is 31.2. The molecule has 0 saturated carbocycles. The van der Waals surface area contributed by atoms with Crippen molar-refractivity contribution in [3.63, 3.8) is 0 Å². The van der Waals surface area contributed by atoms with Crippen LogP contribution in [0, 0.1) is 0 Å². The predicted molar refractivity (Wildman–Crippen MR) is 249 cm³/mol. The van der Waals surface area contributed by atoms with E-state index in [1.54, 1.807) is 0 Å². The van der Waals surface area contributed by atoms with Crippen LogP contribution in [0.4, 0.5) is 0 Å². The Balaban J connectivity index is 4.25. The number of carboxylic acid groups (broad SMARTS) is 1. The number of carbonyl (C=O) groups is 3. The molecule has 11 nitrogen and oxygen atoms in total. The third kappa shape index (κ3) is 44.4. The monoisotopic (exact) mass is 886 g/mol. The highest BCUT2D eigenvalue weighted by molar-refractivity contribution is 7.47. The third-order valence-electron chi connectivity index (χ3n) is 11.0. The first-order valence-electron chi connectivity index (χ1n) is 24.9. The Kier molecular flexibility index (Phi) is 43.1. The fourth-order valence-corrected chi connectivity index (χ4v) is 7.82. The molecule has 0 aromatic carbocycles. The summed E-state index contributed by atoms with van der Waals surface area (Å²) in [5, 5.41) is 8.91. The smallest absolute Gasteiger partial charge is 0.472 e. The molecular weight excluding hydrogens is 794 g/mol. The number of hydrogen-bond acceptors (Lipinski definition) is 9. The highest BCUT2D eigenvalue weighted by Gasteiger charge is 2.28. The number of nitrogens with two attached hydrogens (primary N) is 1.